The average molecular weight is 271 g/mol. The molecule has 0 aliphatic heterocycles. The Morgan fingerprint density at radius 2 is 1.84 bits per heavy atom. The van der Waals surface area contributed by atoms with Crippen LogP contribution in [-0.4, -0.2) is 15.1 Å². The van der Waals surface area contributed by atoms with Crippen LogP contribution in [0.15, 0.2) is 48.5 Å². The number of fused-ring (bicyclic) bond motifs is 1. The molecule has 0 radical (unpaired) electrons. The summed E-state index contributed by atoms with van der Waals surface area (Å²) >= 11 is 6.03. The van der Waals surface area contributed by atoms with Gasteiger partial charge >= 0.3 is 0 Å². The maximum atomic E-state index is 10.1. The Labute approximate surface area is 115 Å². The molecule has 0 spiro atoms. The highest BCUT2D eigenvalue weighted by Crippen LogP contribution is 2.23. The van der Waals surface area contributed by atoms with Crippen LogP contribution in [0.5, 0.6) is 0 Å². The first kappa shape index (κ1) is 11.8. The number of aromatic nitrogens is 2. The van der Waals surface area contributed by atoms with Crippen molar-refractivity contribution in [2.45, 2.75) is 0 Å². The summed E-state index contributed by atoms with van der Waals surface area (Å²) in [5.41, 5.74) is 2.38. The molecule has 19 heavy (non-hydrogen) atoms. The molecule has 1 heterocycles. The monoisotopic (exact) mass is 270 g/mol. The molecule has 0 saturated heterocycles. The van der Waals surface area contributed by atoms with Gasteiger partial charge in [0.2, 0.25) is 0 Å². The average Bonchev–Trinajstić information content (AvgIpc) is 2.81. The standard InChI is InChI=1S/C15H11ClN2O/c16-11-6-2-1-5-10(11)14(19)9-15-17-12-7-3-4-8-13(12)18-15/h1-9,19H,(H,17,18)/b14-9-. The first-order valence-corrected chi connectivity index (χ1v) is 6.22. The number of hydrogen-bond donors (Lipinski definition) is 2. The third-order valence-corrected chi connectivity index (χ3v) is 3.16. The van der Waals surface area contributed by atoms with Gasteiger partial charge in [-0.25, -0.2) is 4.98 Å². The SMILES string of the molecule is O/C(=C\c1nc2ccccc2[nH]1)c1ccccc1Cl. The van der Waals surface area contributed by atoms with Crippen molar-refractivity contribution >= 4 is 34.5 Å². The number of hydrogen-bond acceptors (Lipinski definition) is 2. The second-order valence-corrected chi connectivity index (χ2v) is 4.56. The molecular weight excluding hydrogens is 260 g/mol. The summed E-state index contributed by atoms with van der Waals surface area (Å²) in [4.78, 5) is 7.50. The molecule has 2 aromatic carbocycles. The van der Waals surface area contributed by atoms with Gasteiger partial charge in [-0.3, -0.25) is 0 Å². The number of rotatable bonds is 2. The minimum Gasteiger partial charge on any atom is -0.507 e. The number of nitrogens with one attached hydrogen (secondary N) is 1. The predicted octanol–water partition coefficient (Wildman–Crippen LogP) is 4.27. The van der Waals surface area contributed by atoms with E-state index in [1.165, 1.54) is 0 Å². The Hall–Kier alpha value is -2.26. The fourth-order valence-electron chi connectivity index (χ4n) is 1.92. The summed E-state index contributed by atoms with van der Waals surface area (Å²) in [6.45, 7) is 0. The van der Waals surface area contributed by atoms with Crippen molar-refractivity contribution in [1.82, 2.24) is 9.97 Å². The van der Waals surface area contributed by atoms with Crippen LogP contribution >= 0.6 is 11.6 Å². The molecule has 2 N–H and O–H groups in total. The lowest BCUT2D eigenvalue weighted by atomic mass is 10.2. The largest absolute Gasteiger partial charge is 0.507 e. The topological polar surface area (TPSA) is 48.9 Å². The van der Waals surface area contributed by atoms with Gasteiger partial charge in [-0.2, -0.15) is 0 Å². The van der Waals surface area contributed by atoms with Gasteiger partial charge in [-0.1, -0.05) is 35.9 Å². The van der Waals surface area contributed by atoms with E-state index in [1.807, 2.05) is 36.4 Å². The van der Waals surface area contributed by atoms with E-state index in [4.69, 9.17) is 11.6 Å². The van der Waals surface area contributed by atoms with Crippen LogP contribution < -0.4 is 0 Å². The number of aliphatic hydroxyl groups is 1. The van der Waals surface area contributed by atoms with E-state index in [9.17, 15) is 5.11 Å². The Bertz CT molecular complexity index is 728. The Balaban J connectivity index is 2.03. The highest BCUT2D eigenvalue weighted by molar-refractivity contribution is 6.32. The fraction of sp³-hybridized carbons (Fsp3) is 0. The summed E-state index contributed by atoms with van der Waals surface area (Å²) in [5, 5.41) is 10.6. The molecule has 0 amide bonds. The van der Waals surface area contributed by atoms with Gasteiger partial charge in [0.1, 0.15) is 11.6 Å². The first-order valence-electron chi connectivity index (χ1n) is 5.84. The molecule has 3 aromatic rings. The Morgan fingerprint density at radius 3 is 2.63 bits per heavy atom. The van der Waals surface area contributed by atoms with Crippen LogP contribution in [0.4, 0.5) is 0 Å². The van der Waals surface area contributed by atoms with Crippen molar-refractivity contribution < 1.29 is 5.11 Å². The molecule has 0 fully saturated rings. The van der Waals surface area contributed by atoms with Crippen molar-refractivity contribution in [1.29, 1.82) is 0 Å². The lowest BCUT2D eigenvalue weighted by Gasteiger charge is -2.01. The summed E-state index contributed by atoms with van der Waals surface area (Å²) in [6.07, 6.45) is 1.57. The third-order valence-electron chi connectivity index (χ3n) is 2.83. The number of benzene rings is 2. The summed E-state index contributed by atoms with van der Waals surface area (Å²) < 4.78 is 0. The van der Waals surface area contributed by atoms with Gasteiger partial charge in [0.15, 0.2) is 0 Å². The number of para-hydroxylation sites is 2. The molecule has 1 aromatic heterocycles. The highest BCUT2D eigenvalue weighted by Gasteiger charge is 2.06. The van der Waals surface area contributed by atoms with E-state index in [2.05, 4.69) is 9.97 Å². The number of aliphatic hydroxyl groups excluding tert-OH is 1. The molecule has 94 valence electrons. The van der Waals surface area contributed by atoms with Crippen molar-refractivity contribution in [2.75, 3.05) is 0 Å². The van der Waals surface area contributed by atoms with E-state index in [0.717, 1.165) is 11.0 Å². The van der Waals surface area contributed by atoms with Gasteiger partial charge in [0, 0.05) is 11.6 Å². The number of halogens is 1. The van der Waals surface area contributed by atoms with Gasteiger partial charge in [0.25, 0.3) is 0 Å². The van der Waals surface area contributed by atoms with Gasteiger partial charge in [-0.15, -0.1) is 0 Å². The Morgan fingerprint density at radius 1 is 1.11 bits per heavy atom. The first-order chi connectivity index (χ1) is 9.24. The van der Waals surface area contributed by atoms with E-state index < -0.39 is 0 Å². The van der Waals surface area contributed by atoms with Crippen LogP contribution in [-0.2, 0) is 0 Å². The van der Waals surface area contributed by atoms with E-state index in [0.29, 0.717) is 16.4 Å². The number of aromatic amines is 1. The second-order valence-electron chi connectivity index (χ2n) is 4.15. The van der Waals surface area contributed by atoms with E-state index in [-0.39, 0.29) is 5.76 Å². The zero-order chi connectivity index (χ0) is 13.2. The lowest BCUT2D eigenvalue weighted by Crippen LogP contribution is -1.85. The van der Waals surface area contributed by atoms with Crippen molar-refractivity contribution in [3.8, 4) is 0 Å². The zero-order valence-corrected chi connectivity index (χ0v) is 10.7. The predicted molar refractivity (Wildman–Crippen MR) is 78.0 cm³/mol. The third kappa shape index (κ3) is 2.33. The molecule has 3 rings (SSSR count). The summed E-state index contributed by atoms with van der Waals surface area (Å²) in [7, 11) is 0. The smallest absolute Gasteiger partial charge is 0.134 e. The fourth-order valence-corrected chi connectivity index (χ4v) is 2.15. The Kier molecular flexibility index (Phi) is 2.97. The lowest BCUT2D eigenvalue weighted by molar-refractivity contribution is 0.515. The van der Waals surface area contributed by atoms with Crippen LogP contribution in [0.25, 0.3) is 22.9 Å². The number of imidazole rings is 1. The molecular formula is C15H11ClN2O. The quantitative estimate of drug-likeness (QED) is 0.683. The maximum Gasteiger partial charge on any atom is 0.134 e. The summed E-state index contributed by atoms with van der Waals surface area (Å²) in [5.74, 6) is 0.684. The number of H-pyrrole nitrogens is 1. The molecule has 0 saturated carbocycles. The zero-order valence-electron chi connectivity index (χ0n) is 9.97. The minimum absolute atomic E-state index is 0.0876. The normalized spacial score (nSPS) is 11.9. The van der Waals surface area contributed by atoms with Crippen LogP contribution in [0.2, 0.25) is 5.02 Å². The van der Waals surface area contributed by atoms with Gasteiger partial charge < -0.3 is 10.1 Å². The molecule has 3 nitrogen and oxygen atoms in total. The van der Waals surface area contributed by atoms with Gasteiger partial charge in [0.05, 0.1) is 16.1 Å². The van der Waals surface area contributed by atoms with Crippen LogP contribution in [0.1, 0.15) is 11.4 Å². The maximum absolute atomic E-state index is 10.1. The highest BCUT2D eigenvalue weighted by atomic mass is 35.5. The number of nitrogens with zero attached hydrogens (tertiary/aromatic N) is 1. The molecule has 0 bridgehead atoms. The van der Waals surface area contributed by atoms with E-state index >= 15 is 0 Å². The van der Waals surface area contributed by atoms with Crippen LogP contribution in [0, 0.1) is 0 Å². The van der Waals surface area contributed by atoms with Crippen molar-refractivity contribution in [3.05, 3.63) is 64.9 Å². The second kappa shape index (κ2) is 4.78. The van der Waals surface area contributed by atoms with Crippen molar-refractivity contribution in [3.63, 3.8) is 0 Å². The molecule has 0 unspecified atom stereocenters. The van der Waals surface area contributed by atoms with Crippen LogP contribution in [0.3, 0.4) is 0 Å². The molecule has 0 aliphatic rings. The summed E-state index contributed by atoms with van der Waals surface area (Å²) in [6, 6.07) is 14.8. The minimum atomic E-state index is 0.0876. The molecule has 0 atom stereocenters. The van der Waals surface area contributed by atoms with E-state index in [1.54, 1.807) is 18.2 Å². The molecule has 4 heteroatoms. The molecule has 0 aliphatic carbocycles. The van der Waals surface area contributed by atoms with Crippen molar-refractivity contribution in [2.24, 2.45) is 0 Å². The van der Waals surface area contributed by atoms with Gasteiger partial charge in [-0.05, 0) is 24.3 Å².